The molecule has 5 heteroatoms. The van der Waals surface area contributed by atoms with E-state index in [1.165, 1.54) is 6.42 Å². The number of hydrogen-bond donors (Lipinski definition) is 0. The molecule has 13 heavy (non-hydrogen) atoms. The summed E-state index contributed by atoms with van der Waals surface area (Å²) < 4.78 is 5.92. The molecule has 0 aromatic carbocycles. The number of anilines is 1. The first-order valence-corrected chi connectivity index (χ1v) is 5.21. The summed E-state index contributed by atoms with van der Waals surface area (Å²) in [6.07, 6.45) is 1.25. The molecule has 0 radical (unpaired) electrons. The Balaban J connectivity index is 2.28. The van der Waals surface area contributed by atoms with Crippen LogP contribution in [0.4, 0.5) is 5.82 Å². The van der Waals surface area contributed by atoms with E-state index in [9.17, 15) is 0 Å². The maximum atomic E-state index is 5.00. The summed E-state index contributed by atoms with van der Waals surface area (Å²) in [6, 6.07) is 2.43. The van der Waals surface area contributed by atoms with Gasteiger partial charge in [0.15, 0.2) is 0 Å². The van der Waals surface area contributed by atoms with Gasteiger partial charge in [-0.25, -0.2) is 0 Å². The van der Waals surface area contributed by atoms with E-state index in [1.807, 2.05) is 6.07 Å². The van der Waals surface area contributed by atoms with Crippen LogP contribution in [0.5, 0.6) is 6.01 Å². The van der Waals surface area contributed by atoms with Gasteiger partial charge in [-0.2, -0.15) is 9.97 Å². The van der Waals surface area contributed by atoms with Crippen LogP contribution in [-0.2, 0) is 0 Å². The maximum absolute atomic E-state index is 5.00. The smallest absolute Gasteiger partial charge is 0.319 e. The van der Waals surface area contributed by atoms with Crippen LogP contribution in [0.2, 0.25) is 0 Å². The number of methoxy groups -OCH3 is 1. The Hall–Kier alpha value is -0.590. The Bertz CT molecular complexity index is 314. The molecule has 0 N–H and O–H groups in total. The molecule has 0 unspecified atom stereocenters. The van der Waals surface area contributed by atoms with Crippen molar-refractivity contribution in [3.8, 4) is 6.01 Å². The maximum Gasteiger partial charge on any atom is 0.319 e. The van der Waals surface area contributed by atoms with Gasteiger partial charge in [0.25, 0.3) is 0 Å². The normalized spacial score (nSPS) is 15.4. The third-order valence-electron chi connectivity index (χ3n) is 2.02. The Labute approximate surface area is 90.5 Å². The molecule has 1 aliphatic rings. The number of hydrogen-bond acceptors (Lipinski definition) is 4. The molecular weight excluding hydrogens is 281 g/mol. The van der Waals surface area contributed by atoms with Crippen molar-refractivity contribution in [2.75, 3.05) is 25.1 Å². The largest absolute Gasteiger partial charge is 0.467 e. The van der Waals surface area contributed by atoms with Gasteiger partial charge in [0.2, 0.25) is 0 Å². The second kappa shape index (κ2) is 3.65. The topological polar surface area (TPSA) is 38.2 Å². The molecule has 1 aromatic heterocycles. The van der Waals surface area contributed by atoms with Crippen molar-refractivity contribution in [2.24, 2.45) is 0 Å². The fourth-order valence-corrected chi connectivity index (χ4v) is 1.67. The van der Waals surface area contributed by atoms with Gasteiger partial charge in [-0.05, 0) is 29.0 Å². The van der Waals surface area contributed by atoms with Crippen LogP contribution in [0.1, 0.15) is 6.42 Å². The van der Waals surface area contributed by atoms with Crippen molar-refractivity contribution in [1.29, 1.82) is 0 Å². The highest BCUT2D eigenvalue weighted by Crippen LogP contribution is 2.21. The fourth-order valence-electron chi connectivity index (χ4n) is 1.18. The Morgan fingerprint density at radius 2 is 2.23 bits per heavy atom. The third-order valence-corrected chi connectivity index (χ3v) is 2.58. The average Bonchev–Trinajstić information content (AvgIpc) is 2.00. The SMILES string of the molecule is COc1nc(I)cc(N2CCC2)n1. The molecule has 0 amide bonds. The van der Waals surface area contributed by atoms with Gasteiger partial charge in [-0.15, -0.1) is 0 Å². The number of aromatic nitrogens is 2. The van der Waals surface area contributed by atoms with Crippen molar-refractivity contribution >= 4 is 28.4 Å². The first-order chi connectivity index (χ1) is 6.29. The zero-order valence-corrected chi connectivity index (χ0v) is 9.48. The van der Waals surface area contributed by atoms with Gasteiger partial charge < -0.3 is 9.64 Å². The van der Waals surface area contributed by atoms with Crippen LogP contribution < -0.4 is 9.64 Å². The van der Waals surface area contributed by atoms with Crippen molar-refractivity contribution < 1.29 is 4.74 Å². The van der Waals surface area contributed by atoms with Crippen LogP contribution in [0, 0.1) is 3.70 Å². The molecule has 1 saturated heterocycles. The summed E-state index contributed by atoms with van der Waals surface area (Å²) in [7, 11) is 1.59. The van der Waals surface area contributed by atoms with Crippen LogP contribution in [0.25, 0.3) is 0 Å². The van der Waals surface area contributed by atoms with E-state index in [1.54, 1.807) is 7.11 Å². The summed E-state index contributed by atoms with van der Waals surface area (Å²) >= 11 is 2.17. The monoisotopic (exact) mass is 291 g/mol. The van der Waals surface area contributed by atoms with E-state index in [-0.39, 0.29) is 0 Å². The minimum atomic E-state index is 0.453. The van der Waals surface area contributed by atoms with Gasteiger partial charge in [-0.3, -0.25) is 0 Å². The zero-order valence-electron chi connectivity index (χ0n) is 7.33. The highest BCUT2D eigenvalue weighted by atomic mass is 127. The van der Waals surface area contributed by atoms with Crippen LogP contribution >= 0.6 is 22.6 Å². The predicted molar refractivity (Wildman–Crippen MR) is 58.1 cm³/mol. The van der Waals surface area contributed by atoms with Crippen molar-refractivity contribution in [3.63, 3.8) is 0 Å². The zero-order chi connectivity index (χ0) is 9.26. The lowest BCUT2D eigenvalue weighted by molar-refractivity contribution is 0.378. The molecule has 1 fully saturated rings. The van der Waals surface area contributed by atoms with Crippen LogP contribution in [0.15, 0.2) is 6.07 Å². The summed E-state index contributed by atoms with van der Waals surface area (Å²) in [4.78, 5) is 10.6. The van der Waals surface area contributed by atoms with Gasteiger partial charge in [0.1, 0.15) is 9.52 Å². The fraction of sp³-hybridized carbons (Fsp3) is 0.500. The number of rotatable bonds is 2. The molecule has 4 nitrogen and oxygen atoms in total. The molecule has 1 aliphatic heterocycles. The van der Waals surface area contributed by atoms with Gasteiger partial charge >= 0.3 is 6.01 Å². The summed E-state index contributed by atoms with van der Waals surface area (Å²) in [6.45, 7) is 2.19. The summed E-state index contributed by atoms with van der Waals surface area (Å²) in [5.74, 6) is 0.975. The van der Waals surface area contributed by atoms with Crippen LogP contribution in [-0.4, -0.2) is 30.2 Å². The molecular formula is C8H10IN3O. The quantitative estimate of drug-likeness (QED) is 0.608. The Kier molecular flexibility index (Phi) is 2.52. The summed E-state index contributed by atoms with van der Waals surface area (Å²) in [5, 5.41) is 0. The molecule has 1 aromatic rings. The minimum Gasteiger partial charge on any atom is -0.467 e. The summed E-state index contributed by atoms with van der Waals surface area (Å²) in [5.41, 5.74) is 0. The van der Waals surface area contributed by atoms with E-state index in [0.29, 0.717) is 6.01 Å². The van der Waals surface area contributed by atoms with Gasteiger partial charge in [0, 0.05) is 19.2 Å². The predicted octanol–water partition coefficient (Wildman–Crippen LogP) is 1.30. The first-order valence-electron chi connectivity index (χ1n) is 4.13. The molecule has 0 atom stereocenters. The number of ether oxygens (including phenoxy) is 1. The highest BCUT2D eigenvalue weighted by molar-refractivity contribution is 14.1. The minimum absolute atomic E-state index is 0.453. The van der Waals surface area contributed by atoms with E-state index < -0.39 is 0 Å². The average molecular weight is 291 g/mol. The molecule has 0 bridgehead atoms. The van der Waals surface area contributed by atoms with E-state index >= 15 is 0 Å². The lowest BCUT2D eigenvalue weighted by Crippen LogP contribution is -2.37. The molecule has 0 saturated carbocycles. The second-order valence-electron chi connectivity index (χ2n) is 2.88. The molecule has 2 heterocycles. The standard InChI is InChI=1S/C8H10IN3O/c1-13-8-10-6(9)5-7(11-8)12-3-2-4-12/h5H,2-4H2,1H3. The molecule has 0 spiro atoms. The Morgan fingerprint density at radius 3 is 2.77 bits per heavy atom. The molecule has 70 valence electrons. The number of halogens is 1. The van der Waals surface area contributed by atoms with E-state index in [0.717, 1.165) is 22.6 Å². The lowest BCUT2D eigenvalue weighted by Gasteiger charge is -2.31. The van der Waals surface area contributed by atoms with E-state index in [4.69, 9.17) is 4.74 Å². The van der Waals surface area contributed by atoms with Crippen molar-refractivity contribution in [2.45, 2.75) is 6.42 Å². The Morgan fingerprint density at radius 1 is 1.46 bits per heavy atom. The molecule has 2 rings (SSSR count). The highest BCUT2D eigenvalue weighted by Gasteiger charge is 2.17. The first kappa shape index (κ1) is 8.98. The third kappa shape index (κ3) is 1.84. The van der Waals surface area contributed by atoms with Crippen molar-refractivity contribution in [1.82, 2.24) is 9.97 Å². The van der Waals surface area contributed by atoms with Crippen LogP contribution in [0.3, 0.4) is 0 Å². The second-order valence-corrected chi connectivity index (χ2v) is 3.98. The van der Waals surface area contributed by atoms with Crippen molar-refractivity contribution in [3.05, 3.63) is 9.77 Å². The van der Waals surface area contributed by atoms with Gasteiger partial charge in [0.05, 0.1) is 7.11 Å². The lowest BCUT2D eigenvalue weighted by atomic mass is 10.2. The number of nitrogens with zero attached hydrogens (tertiary/aromatic N) is 3. The molecule has 0 aliphatic carbocycles. The van der Waals surface area contributed by atoms with E-state index in [2.05, 4.69) is 37.5 Å². The van der Waals surface area contributed by atoms with Gasteiger partial charge in [-0.1, -0.05) is 0 Å².